The summed E-state index contributed by atoms with van der Waals surface area (Å²) in [4.78, 5) is 16.2. The minimum Gasteiger partial charge on any atom is -0.359 e. The first kappa shape index (κ1) is 16.3. The lowest BCUT2D eigenvalue weighted by Crippen LogP contribution is -2.42. The summed E-state index contributed by atoms with van der Waals surface area (Å²) in [6.07, 6.45) is 2.67. The molecule has 0 saturated carbocycles. The quantitative estimate of drug-likeness (QED) is 0.816. The Kier molecular flexibility index (Phi) is 5.71. The monoisotopic (exact) mass is 285 g/mol. The molecular formula is C14H27N3OS. The fraction of sp³-hybridized carbons (Fsp3) is 0.857. The van der Waals surface area contributed by atoms with Gasteiger partial charge in [0.25, 0.3) is 0 Å². The lowest BCUT2D eigenvalue weighted by Gasteiger charge is -2.25. The first-order valence-electron chi connectivity index (χ1n) is 7.07. The summed E-state index contributed by atoms with van der Waals surface area (Å²) in [6, 6.07) is 0. The summed E-state index contributed by atoms with van der Waals surface area (Å²) in [5.74, 6) is 1.14. The molecule has 4 nitrogen and oxygen atoms in total. The molecular weight excluding hydrogens is 258 g/mol. The summed E-state index contributed by atoms with van der Waals surface area (Å²) in [7, 11) is 0. The van der Waals surface area contributed by atoms with Crippen molar-refractivity contribution in [2.45, 2.75) is 65.0 Å². The normalized spacial score (nSPS) is 20.4. The number of aliphatic imine (C=N–C) groups is 1. The van der Waals surface area contributed by atoms with Crippen LogP contribution in [0.3, 0.4) is 0 Å². The van der Waals surface area contributed by atoms with Crippen LogP contribution in [-0.2, 0) is 4.79 Å². The second-order valence-electron chi connectivity index (χ2n) is 6.14. The van der Waals surface area contributed by atoms with Gasteiger partial charge in [0.05, 0.1) is 6.54 Å². The molecule has 0 atom stereocenters. The first-order valence-corrected chi connectivity index (χ1v) is 8.05. The molecule has 19 heavy (non-hydrogen) atoms. The molecule has 0 aromatic carbocycles. The molecule has 1 heterocycles. The van der Waals surface area contributed by atoms with Gasteiger partial charge in [-0.2, -0.15) is 0 Å². The number of hydrogen-bond donors (Lipinski definition) is 2. The van der Waals surface area contributed by atoms with Crippen LogP contribution < -0.4 is 10.6 Å². The van der Waals surface area contributed by atoms with E-state index in [-0.39, 0.29) is 17.0 Å². The number of carbonyl (C=O) groups is 1. The number of nitrogens with zero attached hydrogens (tertiary/aromatic N) is 1. The molecule has 2 N–H and O–H groups in total. The molecule has 1 saturated heterocycles. The van der Waals surface area contributed by atoms with Crippen molar-refractivity contribution in [3.63, 3.8) is 0 Å². The number of rotatable bonds is 5. The van der Waals surface area contributed by atoms with Crippen LogP contribution in [0.25, 0.3) is 0 Å². The van der Waals surface area contributed by atoms with E-state index in [4.69, 9.17) is 0 Å². The summed E-state index contributed by atoms with van der Waals surface area (Å²) >= 11 is 1.77. The van der Waals surface area contributed by atoms with E-state index >= 15 is 0 Å². The smallest absolute Gasteiger partial charge is 0.222 e. The summed E-state index contributed by atoms with van der Waals surface area (Å²) < 4.78 is 0. The van der Waals surface area contributed by atoms with Crippen LogP contribution in [0.2, 0.25) is 0 Å². The Morgan fingerprint density at radius 2 is 2.05 bits per heavy atom. The number of thioether (sulfide) groups is 1. The van der Waals surface area contributed by atoms with Gasteiger partial charge >= 0.3 is 0 Å². The van der Waals surface area contributed by atoms with Crippen LogP contribution in [-0.4, -0.2) is 34.5 Å². The molecule has 0 aliphatic carbocycles. The zero-order chi connectivity index (χ0) is 14.5. The lowest BCUT2D eigenvalue weighted by molar-refractivity contribution is -0.122. The summed E-state index contributed by atoms with van der Waals surface area (Å²) in [5.41, 5.74) is 0.0430. The SMILES string of the molecule is CCC1(CC)CSC(=NCCC(=O)NC(C)(C)C)N1. The highest BCUT2D eigenvalue weighted by atomic mass is 32.2. The maximum atomic E-state index is 11.7. The van der Waals surface area contributed by atoms with E-state index in [1.807, 2.05) is 20.8 Å². The van der Waals surface area contributed by atoms with Crippen molar-refractivity contribution >= 4 is 22.8 Å². The van der Waals surface area contributed by atoms with Gasteiger partial charge in [0.1, 0.15) is 0 Å². The number of amides is 1. The Labute approximate surface area is 121 Å². The van der Waals surface area contributed by atoms with Gasteiger partial charge in [0.15, 0.2) is 5.17 Å². The third-order valence-electron chi connectivity index (χ3n) is 3.32. The highest BCUT2D eigenvalue weighted by molar-refractivity contribution is 8.14. The highest BCUT2D eigenvalue weighted by Gasteiger charge is 2.33. The minimum absolute atomic E-state index is 0.0668. The lowest BCUT2D eigenvalue weighted by atomic mass is 9.96. The molecule has 0 unspecified atom stereocenters. The van der Waals surface area contributed by atoms with Gasteiger partial charge in [0, 0.05) is 23.3 Å². The van der Waals surface area contributed by atoms with Crippen LogP contribution in [0, 0.1) is 0 Å². The highest BCUT2D eigenvalue weighted by Crippen LogP contribution is 2.28. The molecule has 1 aliphatic heterocycles. The Morgan fingerprint density at radius 1 is 1.42 bits per heavy atom. The Bertz CT molecular complexity index is 343. The van der Waals surface area contributed by atoms with Crippen molar-refractivity contribution in [2.75, 3.05) is 12.3 Å². The van der Waals surface area contributed by atoms with Crippen molar-refractivity contribution in [1.82, 2.24) is 10.6 Å². The van der Waals surface area contributed by atoms with Crippen LogP contribution in [0.1, 0.15) is 53.9 Å². The standard InChI is InChI=1S/C14H27N3OS/c1-6-14(7-2)10-19-12(17-14)15-9-8-11(18)16-13(3,4)5/h6-10H2,1-5H3,(H,15,17)(H,16,18). The zero-order valence-electron chi connectivity index (χ0n) is 12.8. The van der Waals surface area contributed by atoms with E-state index in [2.05, 4.69) is 29.5 Å². The average Bonchev–Trinajstić information content (AvgIpc) is 2.71. The Morgan fingerprint density at radius 3 is 2.53 bits per heavy atom. The molecule has 0 bridgehead atoms. The first-order chi connectivity index (χ1) is 8.80. The van der Waals surface area contributed by atoms with Crippen molar-refractivity contribution in [1.29, 1.82) is 0 Å². The fourth-order valence-corrected chi connectivity index (χ4v) is 3.33. The van der Waals surface area contributed by atoms with Gasteiger partial charge in [-0.3, -0.25) is 9.79 Å². The largest absolute Gasteiger partial charge is 0.359 e. The van der Waals surface area contributed by atoms with Crippen molar-refractivity contribution in [3.8, 4) is 0 Å². The number of carbonyl (C=O) groups excluding carboxylic acids is 1. The second-order valence-corrected chi connectivity index (χ2v) is 7.10. The number of amidine groups is 1. The van der Waals surface area contributed by atoms with Gasteiger partial charge in [-0.05, 0) is 33.6 Å². The van der Waals surface area contributed by atoms with Crippen molar-refractivity contribution in [3.05, 3.63) is 0 Å². The fourth-order valence-electron chi connectivity index (χ4n) is 1.96. The molecule has 1 amide bonds. The van der Waals surface area contributed by atoms with Crippen LogP contribution in [0.15, 0.2) is 4.99 Å². The minimum atomic E-state index is -0.163. The molecule has 110 valence electrons. The van der Waals surface area contributed by atoms with Gasteiger partial charge in [-0.1, -0.05) is 25.6 Å². The van der Waals surface area contributed by atoms with E-state index in [0.29, 0.717) is 13.0 Å². The molecule has 0 aromatic rings. The van der Waals surface area contributed by atoms with Gasteiger partial charge in [0.2, 0.25) is 5.91 Å². The molecule has 1 aliphatic rings. The van der Waals surface area contributed by atoms with Crippen molar-refractivity contribution < 1.29 is 4.79 Å². The van der Waals surface area contributed by atoms with Crippen molar-refractivity contribution in [2.24, 2.45) is 4.99 Å². The zero-order valence-corrected chi connectivity index (χ0v) is 13.6. The number of hydrogen-bond acceptors (Lipinski definition) is 3. The van der Waals surface area contributed by atoms with Crippen LogP contribution >= 0.6 is 11.8 Å². The van der Waals surface area contributed by atoms with E-state index in [1.54, 1.807) is 11.8 Å². The third kappa shape index (κ3) is 5.43. The van der Waals surface area contributed by atoms with Crippen LogP contribution in [0.4, 0.5) is 0 Å². The topological polar surface area (TPSA) is 53.5 Å². The average molecular weight is 285 g/mol. The number of nitrogens with one attached hydrogen (secondary N) is 2. The van der Waals surface area contributed by atoms with Gasteiger partial charge in [-0.25, -0.2) is 0 Å². The molecule has 1 rings (SSSR count). The third-order valence-corrected chi connectivity index (χ3v) is 4.52. The van der Waals surface area contributed by atoms with Crippen LogP contribution in [0.5, 0.6) is 0 Å². The Balaban J connectivity index is 2.37. The van der Waals surface area contributed by atoms with E-state index in [9.17, 15) is 4.79 Å². The molecule has 0 spiro atoms. The molecule has 0 aromatic heterocycles. The summed E-state index contributed by atoms with van der Waals surface area (Å²) in [5, 5.41) is 7.45. The van der Waals surface area contributed by atoms with E-state index < -0.39 is 0 Å². The Hall–Kier alpha value is -0.710. The predicted molar refractivity (Wildman–Crippen MR) is 83.7 cm³/mol. The summed E-state index contributed by atoms with van der Waals surface area (Å²) in [6.45, 7) is 10.9. The molecule has 0 radical (unpaired) electrons. The van der Waals surface area contributed by atoms with Gasteiger partial charge < -0.3 is 10.6 Å². The molecule has 5 heteroatoms. The molecule has 1 fully saturated rings. The second kappa shape index (κ2) is 6.64. The van der Waals surface area contributed by atoms with E-state index in [1.165, 1.54) is 0 Å². The maximum absolute atomic E-state index is 11.7. The van der Waals surface area contributed by atoms with E-state index in [0.717, 1.165) is 23.8 Å². The predicted octanol–water partition coefficient (Wildman–Crippen LogP) is 2.54. The van der Waals surface area contributed by atoms with Gasteiger partial charge in [-0.15, -0.1) is 0 Å². The maximum Gasteiger partial charge on any atom is 0.222 e.